The second kappa shape index (κ2) is 6.00. The van der Waals surface area contributed by atoms with Crippen LogP contribution in [0.1, 0.15) is 6.42 Å². The fraction of sp³-hybridized carbons (Fsp3) is 0.600. The third-order valence-electron chi connectivity index (χ3n) is 2.44. The van der Waals surface area contributed by atoms with Crippen molar-refractivity contribution in [2.24, 2.45) is 0 Å². The average Bonchev–Trinajstić information content (AvgIpc) is 2.82. The van der Waals surface area contributed by atoms with Crippen molar-refractivity contribution in [2.45, 2.75) is 12.5 Å². The Morgan fingerprint density at radius 2 is 2.53 bits per heavy atom. The fourth-order valence-corrected chi connectivity index (χ4v) is 1.77. The van der Waals surface area contributed by atoms with Crippen LogP contribution in [0.5, 0.6) is 5.88 Å². The molecule has 0 amide bonds. The summed E-state index contributed by atoms with van der Waals surface area (Å²) in [6.07, 6.45) is 2.53. The molecular formula is C10H15ClN4O2. The zero-order valence-electron chi connectivity index (χ0n) is 9.32. The van der Waals surface area contributed by atoms with Gasteiger partial charge in [-0.25, -0.2) is 4.98 Å². The normalized spacial score (nSPS) is 19.3. The molecule has 1 aromatic rings. The summed E-state index contributed by atoms with van der Waals surface area (Å²) in [4.78, 5) is 8.24. The fourth-order valence-electron chi connectivity index (χ4n) is 1.62. The summed E-state index contributed by atoms with van der Waals surface area (Å²) < 4.78 is 5.20. The third-order valence-corrected chi connectivity index (χ3v) is 2.69. The molecule has 1 fully saturated rings. The third kappa shape index (κ3) is 3.42. The van der Waals surface area contributed by atoms with E-state index in [0.717, 1.165) is 19.5 Å². The molecule has 0 aromatic carbocycles. The molecule has 1 aliphatic rings. The zero-order valence-corrected chi connectivity index (χ0v) is 10.1. The van der Waals surface area contributed by atoms with E-state index < -0.39 is 0 Å². The lowest BCUT2D eigenvalue weighted by atomic mass is 10.3. The quantitative estimate of drug-likeness (QED) is 0.704. The van der Waals surface area contributed by atoms with Crippen LogP contribution < -0.4 is 15.4 Å². The first-order valence-electron chi connectivity index (χ1n) is 5.53. The second-order valence-corrected chi connectivity index (χ2v) is 4.16. The minimum Gasteiger partial charge on any atom is -0.474 e. The van der Waals surface area contributed by atoms with Crippen LogP contribution in [0, 0.1) is 0 Å². The van der Waals surface area contributed by atoms with Gasteiger partial charge in [-0.1, -0.05) is 11.6 Å². The number of hydrogen-bond donors (Lipinski definition) is 3. The predicted octanol–water partition coefficient (Wildman–Crippen LogP) is 0.275. The molecule has 0 aliphatic carbocycles. The number of halogens is 1. The van der Waals surface area contributed by atoms with E-state index in [1.165, 1.54) is 6.20 Å². The van der Waals surface area contributed by atoms with Crippen molar-refractivity contribution in [3.05, 3.63) is 11.2 Å². The van der Waals surface area contributed by atoms with Crippen LogP contribution in [0.4, 0.5) is 5.95 Å². The zero-order chi connectivity index (χ0) is 12.1. The number of anilines is 1. The average molecular weight is 259 g/mol. The van der Waals surface area contributed by atoms with Gasteiger partial charge < -0.3 is 20.5 Å². The van der Waals surface area contributed by atoms with Crippen molar-refractivity contribution in [1.29, 1.82) is 0 Å². The summed E-state index contributed by atoms with van der Waals surface area (Å²) in [6.45, 7) is 1.99. The van der Waals surface area contributed by atoms with Gasteiger partial charge in [0.25, 0.3) is 0 Å². The Labute approximate surface area is 104 Å². The molecule has 1 saturated heterocycles. The molecule has 2 rings (SSSR count). The lowest BCUT2D eigenvalue weighted by Gasteiger charge is -2.12. The van der Waals surface area contributed by atoms with Gasteiger partial charge in [-0.15, -0.1) is 0 Å². The van der Waals surface area contributed by atoms with Crippen LogP contribution in [0.15, 0.2) is 6.20 Å². The first kappa shape index (κ1) is 12.3. The number of aliphatic hydroxyl groups excluding tert-OH is 1. The van der Waals surface area contributed by atoms with Crippen LogP contribution in [0.25, 0.3) is 0 Å². The molecule has 3 N–H and O–H groups in total. The first-order valence-corrected chi connectivity index (χ1v) is 5.91. The van der Waals surface area contributed by atoms with Gasteiger partial charge in [-0.2, -0.15) is 4.98 Å². The van der Waals surface area contributed by atoms with E-state index in [2.05, 4.69) is 20.6 Å². The van der Waals surface area contributed by atoms with Crippen molar-refractivity contribution < 1.29 is 9.84 Å². The lowest BCUT2D eigenvalue weighted by molar-refractivity contribution is 0.197. The molecule has 0 radical (unpaired) electrons. The highest BCUT2D eigenvalue weighted by Gasteiger charge is 2.16. The molecule has 0 saturated carbocycles. The van der Waals surface area contributed by atoms with Gasteiger partial charge >= 0.3 is 0 Å². The van der Waals surface area contributed by atoms with E-state index in [9.17, 15) is 0 Å². The predicted molar refractivity (Wildman–Crippen MR) is 64.5 cm³/mol. The molecule has 94 valence electrons. The highest BCUT2D eigenvalue weighted by Crippen LogP contribution is 2.22. The Morgan fingerprint density at radius 3 is 3.24 bits per heavy atom. The minimum atomic E-state index is -0.0738. The van der Waals surface area contributed by atoms with Crippen molar-refractivity contribution in [1.82, 2.24) is 15.3 Å². The Kier molecular flexibility index (Phi) is 4.36. The van der Waals surface area contributed by atoms with Gasteiger partial charge in [0.2, 0.25) is 11.8 Å². The molecular weight excluding hydrogens is 244 g/mol. The van der Waals surface area contributed by atoms with E-state index in [1.54, 1.807) is 0 Å². The van der Waals surface area contributed by atoms with Crippen molar-refractivity contribution >= 4 is 17.5 Å². The molecule has 1 aromatic heterocycles. The topological polar surface area (TPSA) is 79.3 Å². The molecule has 0 bridgehead atoms. The molecule has 1 aliphatic heterocycles. The molecule has 0 spiro atoms. The maximum atomic E-state index is 8.68. The monoisotopic (exact) mass is 258 g/mol. The Hall–Kier alpha value is -1.11. The van der Waals surface area contributed by atoms with E-state index in [0.29, 0.717) is 22.9 Å². The molecule has 6 nitrogen and oxygen atoms in total. The van der Waals surface area contributed by atoms with Gasteiger partial charge in [0.1, 0.15) is 11.6 Å². The van der Waals surface area contributed by atoms with Gasteiger partial charge in [0.15, 0.2) is 0 Å². The van der Waals surface area contributed by atoms with E-state index in [4.69, 9.17) is 21.4 Å². The molecule has 2 heterocycles. The summed E-state index contributed by atoms with van der Waals surface area (Å²) in [5, 5.41) is 15.5. The smallest absolute Gasteiger partial charge is 0.237 e. The Morgan fingerprint density at radius 1 is 1.65 bits per heavy atom. The van der Waals surface area contributed by atoms with Crippen molar-refractivity contribution in [2.75, 3.05) is 31.6 Å². The summed E-state index contributed by atoms with van der Waals surface area (Å²) >= 11 is 5.88. The van der Waals surface area contributed by atoms with E-state index in [1.807, 2.05) is 0 Å². The molecule has 17 heavy (non-hydrogen) atoms. The summed E-state index contributed by atoms with van der Waals surface area (Å²) in [5.74, 6) is 0.792. The number of rotatable bonds is 5. The first-order chi connectivity index (χ1) is 8.29. The summed E-state index contributed by atoms with van der Waals surface area (Å²) in [6, 6.07) is 0.335. The summed E-state index contributed by atoms with van der Waals surface area (Å²) in [5.41, 5.74) is 0. The molecule has 7 heteroatoms. The Bertz CT molecular complexity index is 371. The van der Waals surface area contributed by atoms with Crippen LogP contribution in [-0.4, -0.2) is 47.4 Å². The van der Waals surface area contributed by atoms with Crippen LogP contribution >= 0.6 is 11.6 Å². The van der Waals surface area contributed by atoms with E-state index in [-0.39, 0.29) is 13.2 Å². The largest absolute Gasteiger partial charge is 0.474 e. The molecule has 0 unspecified atom stereocenters. The number of hydrogen-bond acceptors (Lipinski definition) is 6. The van der Waals surface area contributed by atoms with Gasteiger partial charge in [0, 0.05) is 12.6 Å². The highest BCUT2D eigenvalue weighted by atomic mass is 35.5. The maximum Gasteiger partial charge on any atom is 0.237 e. The second-order valence-electron chi connectivity index (χ2n) is 3.75. The van der Waals surface area contributed by atoms with E-state index >= 15 is 0 Å². The minimum absolute atomic E-state index is 0.0738. The van der Waals surface area contributed by atoms with Crippen LogP contribution in [-0.2, 0) is 0 Å². The van der Waals surface area contributed by atoms with Crippen molar-refractivity contribution in [3.8, 4) is 5.88 Å². The lowest BCUT2D eigenvalue weighted by Crippen LogP contribution is -2.23. The molecule has 1 atom stereocenters. The number of nitrogens with one attached hydrogen (secondary N) is 2. The van der Waals surface area contributed by atoms with Gasteiger partial charge in [-0.05, 0) is 13.0 Å². The Balaban J connectivity index is 2.01. The SMILES string of the molecule is OCCOc1nc(N[C@@H]2CCNC2)ncc1Cl. The summed E-state index contributed by atoms with van der Waals surface area (Å²) in [7, 11) is 0. The van der Waals surface area contributed by atoms with Crippen LogP contribution in [0.2, 0.25) is 5.02 Å². The number of nitrogens with zero attached hydrogens (tertiary/aromatic N) is 2. The number of ether oxygens (including phenoxy) is 1. The maximum absolute atomic E-state index is 8.68. The standard InChI is InChI=1S/C10H15ClN4O2/c11-8-6-13-10(14-7-1-2-12-5-7)15-9(8)17-4-3-16/h6-7,12,16H,1-5H2,(H,13,14,15)/t7-/m1/s1. The van der Waals surface area contributed by atoms with Gasteiger partial charge in [0.05, 0.1) is 12.8 Å². The van der Waals surface area contributed by atoms with Crippen molar-refractivity contribution in [3.63, 3.8) is 0 Å². The number of aliphatic hydroxyl groups is 1. The highest BCUT2D eigenvalue weighted by molar-refractivity contribution is 6.31. The van der Waals surface area contributed by atoms with Crippen LogP contribution in [0.3, 0.4) is 0 Å². The van der Waals surface area contributed by atoms with Gasteiger partial charge in [-0.3, -0.25) is 0 Å². The number of aromatic nitrogens is 2.